The molecule has 0 aliphatic heterocycles. The second kappa shape index (κ2) is 6.30. The van der Waals surface area contributed by atoms with Crippen molar-refractivity contribution < 1.29 is 9.90 Å². The molecule has 0 aromatic heterocycles. The molecule has 0 unspecified atom stereocenters. The lowest BCUT2D eigenvalue weighted by Crippen LogP contribution is -2.41. The van der Waals surface area contributed by atoms with Crippen molar-refractivity contribution >= 4 is 17.7 Å². The number of hydrogen-bond acceptors (Lipinski definition) is 3. The Morgan fingerprint density at radius 2 is 2.14 bits per heavy atom. The van der Waals surface area contributed by atoms with Crippen molar-refractivity contribution in [1.29, 1.82) is 0 Å². The highest BCUT2D eigenvalue weighted by atomic mass is 32.2. The molecule has 0 aliphatic rings. The summed E-state index contributed by atoms with van der Waals surface area (Å²) in [6.45, 7) is 5.74. The van der Waals surface area contributed by atoms with Crippen LogP contribution in [0.3, 0.4) is 0 Å². The summed E-state index contributed by atoms with van der Waals surface area (Å²) >= 11 is 1.56. The molecule has 84 valence electrons. The molecule has 0 rings (SSSR count). The SMILES string of the molecule is CCC[C@H](SC)C(=O)NCC(C)(C)O. The Balaban J connectivity index is 3.93. The smallest absolute Gasteiger partial charge is 0.233 e. The van der Waals surface area contributed by atoms with Gasteiger partial charge in [-0.2, -0.15) is 11.8 Å². The van der Waals surface area contributed by atoms with Crippen molar-refractivity contribution in [3.05, 3.63) is 0 Å². The monoisotopic (exact) mass is 219 g/mol. The third kappa shape index (κ3) is 6.27. The summed E-state index contributed by atoms with van der Waals surface area (Å²) < 4.78 is 0. The number of carbonyl (C=O) groups excluding carboxylic acids is 1. The van der Waals surface area contributed by atoms with Gasteiger partial charge in [0.05, 0.1) is 10.9 Å². The van der Waals surface area contributed by atoms with E-state index in [1.807, 2.05) is 6.26 Å². The Hall–Kier alpha value is -0.220. The van der Waals surface area contributed by atoms with Crippen molar-refractivity contribution in [2.75, 3.05) is 12.8 Å². The molecule has 1 atom stereocenters. The van der Waals surface area contributed by atoms with E-state index in [9.17, 15) is 9.90 Å². The number of amides is 1. The van der Waals surface area contributed by atoms with Crippen LogP contribution in [0.1, 0.15) is 33.6 Å². The average Bonchev–Trinajstić information content (AvgIpc) is 2.09. The Morgan fingerprint density at radius 3 is 2.50 bits per heavy atom. The van der Waals surface area contributed by atoms with Crippen LogP contribution < -0.4 is 5.32 Å². The van der Waals surface area contributed by atoms with Crippen LogP contribution >= 0.6 is 11.8 Å². The van der Waals surface area contributed by atoms with E-state index < -0.39 is 5.60 Å². The maximum Gasteiger partial charge on any atom is 0.233 e. The lowest BCUT2D eigenvalue weighted by molar-refractivity contribution is -0.121. The van der Waals surface area contributed by atoms with Crippen LogP contribution in [-0.4, -0.2) is 34.7 Å². The van der Waals surface area contributed by atoms with Crippen LogP contribution in [0.5, 0.6) is 0 Å². The molecule has 0 radical (unpaired) electrons. The van der Waals surface area contributed by atoms with Gasteiger partial charge in [0.1, 0.15) is 0 Å². The van der Waals surface area contributed by atoms with Gasteiger partial charge in [-0.05, 0) is 26.5 Å². The molecule has 0 aromatic rings. The summed E-state index contributed by atoms with van der Waals surface area (Å²) in [4.78, 5) is 11.6. The molecule has 3 nitrogen and oxygen atoms in total. The van der Waals surface area contributed by atoms with Crippen molar-refractivity contribution in [1.82, 2.24) is 5.32 Å². The van der Waals surface area contributed by atoms with Gasteiger partial charge in [0.25, 0.3) is 0 Å². The van der Waals surface area contributed by atoms with E-state index >= 15 is 0 Å². The number of rotatable bonds is 6. The highest BCUT2D eigenvalue weighted by molar-refractivity contribution is 7.99. The van der Waals surface area contributed by atoms with Crippen LogP contribution in [-0.2, 0) is 4.79 Å². The van der Waals surface area contributed by atoms with E-state index in [-0.39, 0.29) is 11.2 Å². The summed E-state index contributed by atoms with van der Waals surface area (Å²) in [7, 11) is 0. The zero-order valence-corrected chi connectivity index (χ0v) is 10.3. The lowest BCUT2D eigenvalue weighted by atomic mass is 10.1. The molecule has 4 heteroatoms. The Morgan fingerprint density at radius 1 is 1.57 bits per heavy atom. The van der Waals surface area contributed by atoms with Gasteiger partial charge in [-0.15, -0.1) is 0 Å². The fraction of sp³-hybridized carbons (Fsp3) is 0.900. The molecule has 0 fully saturated rings. The summed E-state index contributed by atoms with van der Waals surface area (Å²) in [5.74, 6) is 0.0291. The third-order valence-corrected chi connectivity index (χ3v) is 2.84. The van der Waals surface area contributed by atoms with Crippen LogP contribution in [0.2, 0.25) is 0 Å². The van der Waals surface area contributed by atoms with E-state index in [0.29, 0.717) is 6.54 Å². The Bertz CT molecular complexity index is 177. The second-order valence-corrected chi connectivity index (χ2v) is 5.08. The summed E-state index contributed by atoms with van der Waals surface area (Å²) in [6.07, 6.45) is 3.82. The minimum Gasteiger partial charge on any atom is -0.389 e. The predicted octanol–water partition coefficient (Wildman–Crippen LogP) is 1.41. The van der Waals surface area contributed by atoms with Crippen molar-refractivity contribution in [3.8, 4) is 0 Å². The van der Waals surface area contributed by atoms with Crippen LogP contribution in [0.25, 0.3) is 0 Å². The van der Waals surface area contributed by atoms with Gasteiger partial charge in [-0.1, -0.05) is 13.3 Å². The van der Waals surface area contributed by atoms with Gasteiger partial charge in [0.15, 0.2) is 0 Å². The first-order chi connectivity index (χ1) is 6.40. The molecule has 2 N–H and O–H groups in total. The Labute approximate surface area is 90.7 Å². The lowest BCUT2D eigenvalue weighted by Gasteiger charge is -2.20. The van der Waals surface area contributed by atoms with Gasteiger partial charge in [0.2, 0.25) is 5.91 Å². The average molecular weight is 219 g/mol. The molecule has 0 saturated heterocycles. The first kappa shape index (κ1) is 13.8. The molecular formula is C10H21NO2S. The largest absolute Gasteiger partial charge is 0.389 e. The molecule has 0 aliphatic carbocycles. The minimum absolute atomic E-state index is 0.0161. The number of thioether (sulfide) groups is 1. The van der Waals surface area contributed by atoms with Gasteiger partial charge < -0.3 is 10.4 Å². The highest BCUT2D eigenvalue weighted by Crippen LogP contribution is 2.13. The van der Waals surface area contributed by atoms with Crippen LogP contribution in [0.4, 0.5) is 0 Å². The maximum absolute atomic E-state index is 11.6. The van der Waals surface area contributed by atoms with Crippen molar-refractivity contribution in [3.63, 3.8) is 0 Å². The van der Waals surface area contributed by atoms with Gasteiger partial charge in [-0.25, -0.2) is 0 Å². The molecule has 1 amide bonds. The minimum atomic E-state index is -0.829. The quantitative estimate of drug-likeness (QED) is 0.710. The third-order valence-electron chi connectivity index (χ3n) is 1.82. The Kier molecular flexibility index (Phi) is 6.20. The summed E-state index contributed by atoms with van der Waals surface area (Å²) in [6, 6.07) is 0. The molecule has 0 bridgehead atoms. The van der Waals surface area contributed by atoms with Gasteiger partial charge >= 0.3 is 0 Å². The van der Waals surface area contributed by atoms with E-state index in [0.717, 1.165) is 12.8 Å². The maximum atomic E-state index is 11.6. The van der Waals surface area contributed by atoms with Gasteiger partial charge in [-0.3, -0.25) is 4.79 Å². The molecule has 0 saturated carbocycles. The zero-order valence-electron chi connectivity index (χ0n) is 9.46. The van der Waals surface area contributed by atoms with Crippen LogP contribution in [0.15, 0.2) is 0 Å². The summed E-state index contributed by atoms with van der Waals surface area (Å²) in [5.41, 5.74) is -0.829. The number of aliphatic hydroxyl groups is 1. The first-order valence-corrected chi connectivity index (χ1v) is 6.22. The normalized spacial score (nSPS) is 13.8. The van der Waals surface area contributed by atoms with E-state index in [2.05, 4.69) is 12.2 Å². The molecule has 14 heavy (non-hydrogen) atoms. The topological polar surface area (TPSA) is 49.3 Å². The number of hydrogen-bond donors (Lipinski definition) is 2. The van der Waals surface area contributed by atoms with Crippen LogP contribution in [0, 0.1) is 0 Å². The van der Waals surface area contributed by atoms with E-state index in [1.54, 1.807) is 25.6 Å². The highest BCUT2D eigenvalue weighted by Gasteiger charge is 2.19. The predicted molar refractivity (Wildman–Crippen MR) is 61.5 cm³/mol. The van der Waals surface area contributed by atoms with E-state index in [1.165, 1.54) is 0 Å². The molecular weight excluding hydrogens is 198 g/mol. The number of nitrogens with one attached hydrogen (secondary N) is 1. The fourth-order valence-electron chi connectivity index (χ4n) is 1.04. The second-order valence-electron chi connectivity index (χ2n) is 4.04. The number of carbonyl (C=O) groups is 1. The molecule has 0 spiro atoms. The van der Waals surface area contributed by atoms with E-state index in [4.69, 9.17) is 0 Å². The molecule has 0 aromatic carbocycles. The zero-order chi connectivity index (χ0) is 11.2. The van der Waals surface area contributed by atoms with Crippen molar-refractivity contribution in [2.45, 2.75) is 44.5 Å². The fourth-order valence-corrected chi connectivity index (χ4v) is 1.80. The standard InChI is InChI=1S/C10H21NO2S/c1-5-6-8(14-4)9(12)11-7-10(2,3)13/h8,13H,5-7H2,1-4H3,(H,11,12)/t8-/m0/s1. The molecule has 0 heterocycles. The summed E-state index contributed by atoms with van der Waals surface area (Å²) in [5, 5.41) is 12.2. The first-order valence-electron chi connectivity index (χ1n) is 4.93. The van der Waals surface area contributed by atoms with Gasteiger partial charge in [0, 0.05) is 6.54 Å². The van der Waals surface area contributed by atoms with Crippen molar-refractivity contribution in [2.24, 2.45) is 0 Å².